The van der Waals surface area contributed by atoms with Crippen molar-refractivity contribution in [1.82, 2.24) is 0 Å². The van der Waals surface area contributed by atoms with Crippen molar-refractivity contribution < 1.29 is 27.4 Å². The Hall–Kier alpha value is -2.94. The van der Waals surface area contributed by atoms with Crippen LogP contribution in [0.3, 0.4) is 0 Å². The van der Waals surface area contributed by atoms with E-state index in [1.165, 1.54) is 21.3 Å². The first-order chi connectivity index (χ1) is 13.2. The topological polar surface area (TPSA) is 103 Å². The van der Waals surface area contributed by atoms with E-state index in [0.29, 0.717) is 39.8 Å². The SMILES string of the molecule is CCS(=O)(=O)Nc1ccc(NC(=O)c2cc(OC)c(OC)c(OC)c2)cc1C. The molecule has 0 aliphatic heterocycles. The molecule has 2 aromatic carbocycles. The van der Waals surface area contributed by atoms with Crippen LogP contribution >= 0.6 is 0 Å². The maximum atomic E-state index is 12.6. The molecule has 2 aromatic rings. The zero-order valence-electron chi connectivity index (χ0n) is 16.5. The number of hydrogen-bond donors (Lipinski definition) is 2. The molecule has 0 atom stereocenters. The predicted octanol–water partition coefficient (Wildman–Crippen LogP) is 3.03. The molecule has 0 fully saturated rings. The summed E-state index contributed by atoms with van der Waals surface area (Å²) in [5.41, 5.74) is 1.99. The number of nitrogens with one attached hydrogen (secondary N) is 2. The molecule has 0 saturated heterocycles. The first-order valence-electron chi connectivity index (χ1n) is 8.47. The van der Waals surface area contributed by atoms with Crippen LogP contribution in [0.5, 0.6) is 17.2 Å². The summed E-state index contributed by atoms with van der Waals surface area (Å²) in [6.45, 7) is 3.31. The molecule has 0 aliphatic carbocycles. The lowest BCUT2D eigenvalue weighted by molar-refractivity contribution is 0.102. The molecule has 1 amide bonds. The molecule has 0 saturated carbocycles. The van der Waals surface area contributed by atoms with Crippen molar-refractivity contribution in [3.8, 4) is 17.2 Å². The van der Waals surface area contributed by atoms with Gasteiger partial charge in [-0.3, -0.25) is 9.52 Å². The van der Waals surface area contributed by atoms with Gasteiger partial charge in [0.25, 0.3) is 5.91 Å². The van der Waals surface area contributed by atoms with Crippen molar-refractivity contribution >= 4 is 27.3 Å². The van der Waals surface area contributed by atoms with E-state index in [1.54, 1.807) is 44.2 Å². The minimum absolute atomic E-state index is 0.0218. The molecular weight excluding hydrogens is 384 g/mol. The van der Waals surface area contributed by atoms with E-state index in [-0.39, 0.29) is 11.7 Å². The van der Waals surface area contributed by atoms with Crippen LogP contribution in [0.4, 0.5) is 11.4 Å². The Bertz CT molecular complexity index is 947. The summed E-state index contributed by atoms with van der Waals surface area (Å²) in [5.74, 6) is 0.733. The van der Waals surface area contributed by atoms with Crippen LogP contribution in [0, 0.1) is 6.92 Å². The molecule has 152 valence electrons. The summed E-state index contributed by atoms with van der Waals surface area (Å²) in [7, 11) is 1.05. The van der Waals surface area contributed by atoms with Crippen molar-refractivity contribution in [2.24, 2.45) is 0 Å². The average molecular weight is 408 g/mol. The average Bonchev–Trinajstić information content (AvgIpc) is 2.68. The fourth-order valence-electron chi connectivity index (χ4n) is 2.51. The maximum Gasteiger partial charge on any atom is 0.255 e. The van der Waals surface area contributed by atoms with E-state index in [4.69, 9.17) is 14.2 Å². The highest BCUT2D eigenvalue weighted by Gasteiger charge is 2.17. The highest BCUT2D eigenvalue weighted by molar-refractivity contribution is 7.92. The summed E-state index contributed by atoms with van der Waals surface area (Å²) in [5, 5.41) is 2.78. The third-order valence-electron chi connectivity index (χ3n) is 4.06. The lowest BCUT2D eigenvalue weighted by atomic mass is 10.1. The molecule has 0 unspecified atom stereocenters. The molecule has 0 bridgehead atoms. The summed E-state index contributed by atoms with van der Waals surface area (Å²) in [6, 6.07) is 8.01. The van der Waals surface area contributed by atoms with Crippen molar-refractivity contribution in [2.45, 2.75) is 13.8 Å². The Morgan fingerprint density at radius 2 is 1.61 bits per heavy atom. The molecule has 8 nitrogen and oxygen atoms in total. The van der Waals surface area contributed by atoms with E-state index in [1.807, 2.05) is 0 Å². The summed E-state index contributed by atoms with van der Waals surface area (Å²) >= 11 is 0. The summed E-state index contributed by atoms with van der Waals surface area (Å²) in [4.78, 5) is 12.6. The number of amides is 1. The standard InChI is InChI=1S/C19H24N2O6S/c1-6-28(23,24)21-15-8-7-14(9-12(15)2)20-19(22)13-10-16(25-3)18(27-5)17(11-13)26-4/h7-11,21H,6H2,1-5H3,(H,20,22). The summed E-state index contributed by atoms with van der Waals surface area (Å²) < 4.78 is 41.7. The second-order valence-electron chi connectivity index (χ2n) is 5.90. The quantitative estimate of drug-likeness (QED) is 0.696. The normalized spacial score (nSPS) is 10.9. The maximum absolute atomic E-state index is 12.6. The van der Waals surface area contributed by atoms with Gasteiger partial charge in [0.15, 0.2) is 11.5 Å². The second kappa shape index (κ2) is 8.83. The molecule has 0 aliphatic rings. The van der Waals surface area contributed by atoms with Crippen LogP contribution in [-0.2, 0) is 10.0 Å². The number of carbonyl (C=O) groups is 1. The van der Waals surface area contributed by atoms with Crippen molar-refractivity contribution in [3.63, 3.8) is 0 Å². The molecule has 2 rings (SSSR count). The fraction of sp³-hybridized carbons (Fsp3) is 0.316. The van der Waals surface area contributed by atoms with Gasteiger partial charge in [0.05, 0.1) is 32.8 Å². The predicted molar refractivity (Wildman–Crippen MR) is 108 cm³/mol. The monoisotopic (exact) mass is 408 g/mol. The van der Waals surface area contributed by atoms with Gasteiger partial charge in [0, 0.05) is 11.3 Å². The van der Waals surface area contributed by atoms with Crippen molar-refractivity contribution in [2.75, 3.05) is 37.1 Å². The minimum atomic E-state index is -3.37. The van der Waals surface area contributed by atoms with E-state index >= 15 is 0 Å². The third kappa shape index (κ3) is 4.86. The molecule has 2 N–H and O–H groups in total. The molecule has 28 heavy (non-hydrogen) atoms. The van der Waals surface area contributed by atoms with Gasteiger partial charge in [0.2, 0.25) is 15.8 Å². The molecule has 9 heteroatoms. The molecule has 0 aromatic heterocycles. The lowest BCUT2D eigenvalue weighted by Gasteiger charge is -2.15. The second-order valence-corrected chi connectivity index (χ2v) is 7.91. The van der Waals surface area contributed by atoms with Gasteiger partial charge in [0.1, 0.15) is 0 Å². The highest BCUT2D eigenvalue weighted by Crippen LogP contribution is 2.38. The van der Waals surface area contributed by atoms with Crippen LogP contribution in [0.15, 0.2) is 30.3 Å². The first kappa shape index (κ1) is 21.4. The number of rotatable bonds is 8. The Kier molecular flexibility index (Phi) is 6.74. The van der Waals surface area contributed by atoms with E-state index in [9.17, 15) is 13.2 Å². The fourth-order valence-corrected chi connectivity index (χ4v) is 3.22. The van der Waals surface area contributed by atoms with Crippen molar-refractivity contribution in [3.05, 3.63) is 41.5 Å². The lowest BCUT2D eigenvalue weighted by Crippen LogP contribution is -2.16. The Labute approximate surface area is 164 Å². The van der Waals surface area contributed by atoms with Crippen LogP contribution < -0.4 is 24.2 Å². The summed E-state index contributed by atoms with van der Waals surface area (Å²) in [6.07, 6.45) is 0. The number of benzene rings is 2. The third-order valence-corrected chi connectivity index (χ3v) is 5.35. The van der Waals surface area contributed by atoms with Gasteiger partial charge in [-0.1, -0.05) is 0 Å². The number of methoxy groups -OCH3 is 3. The van der Waals surface area contributed by atoms with Gasteiger partial charge in [-0.2, -0.15) is 0 Å². The van der Waals surface area contributed by atoms with Crippen molar-refractivity contribution in [1.29, 1.82) is 0 Å². The Morgan fingerprint density at radius 1 is 1.00 bits per heavy atom. The number of carbonyl (C=O) groups excluding carboxylic acids is 1. The zero-order valence-corrected chi connectivity index (χ0v) is 17.3. The Morgan fingerprint density at radius 3 is 2.07 bits per heavy atom. The van der Waals surface area contributed by atoms with Crippen LogP contribution in [0.1, 0.15) is 22.8 Å². The number of ether oxygens (including phenoxy) is 3. The Balaban J connectivity index is 2.27. The number of hydrogen-bond acceptors (Lipinski definition) is 6. The number of anilines is 2. The highest BCUT2D eigenvalue weighted by atomic mass is 32.2. The molecule has 0 radical (unpaired) electrons. The molecular formula is C19H24N2O6S. The van der Waals surface area contributed by atoms with Gasteiger partial charge in [-0.15, -0.1) is 0 Å². The van der Waals surface area contributed by atoms with E-state index in [2.05, 4.69) is 10.0 Å². The minimum Gasteiger partial charge on any atom is -0.493 e. The molecule has 0 spiro atoms. The smallest absolute Gasteiger partial charge is 0.255 e. The number of aryl methyl sites for hydroxylation is 1. The van der Waals surface area contributed by atoms with Gasteiger partial charge < -0.3 is 19.5 Å². The molecule has 0 heterocycles. The van der Waals surface area contributed by atoms with Gasteiger partial charge >= 0.3 is 0 Å². The van der Waals surface area contributed by atoms with E-state index in [0.717, 1.165) is 0 Å². The van der Waals surface area contributed by atoms with Crippen LogP contribution in [-0.4, -0.2) is 41.4 Å². The van der Waals surface area contributed by atoms with Gasteiger partial charge in [-0.05, 0) is 49.7 Å². The number of sulfonamides is 1. The zero-order chi connectivity index (χ0) is 20.9. The van der Waals surface area contributed by atoms with Crippen LogP contribution in [0.25, 0.3) is 0 Å². The first-order valence-corrected chi connectivity index (χ1v) is 10.1. The largest absolute Gasteiger partial charge is 0.493 e. The van der Waals surface area contributed by atoms with Crippen LogP contribution in [0.2, 0.25) is 0 Å². The van der Waals surface area contributed by atoms with E-state index < -0.39 is 10.0 Å². The van der Waals surface area contributed by atoms with Gasteiger partial charge in [-0.25, -0.2) is 8.42 Å².